The van der Waals surface area contributed by atoms with Crippen LogP contribution in [0, 0.1) is 0 Å². The molecule has 0 saturated carbocycles. The van der Waals surface area contributed by atoms with Gasteiger partial charge < -0.3 is 5.11 Å². The van der Waals surface area contributed by atoms with Crippen LogP contribution in [0.25, 0.3) is 61.4 Å². The monoisotopic (exact) mass is 603 g/mol. The van der Waals surface area contributed by atoms with Crippen molar-refractivity contribution >= 4 is 22.1 Å². The Hall–Kier alpha value is -5.36. The SMILES string of the molecule is CC(C)(C)c1ccc(-n2c(-c3cncc(-c4cc(C(C)(C)C)cc5nccnc45)c3)nc3c(-c4ccccc4O)cccc32)cc1. The van der Waals surface area contributed by atoms with E-state index in [0.29, 0.717) is 0 Å². The standard InChI is InChI=1S/C40H37N5O/c1-39(2,3)27-14-16-29(17-15-27)45-34-12-9-11-31(30-10-7-8-13-35(30)46)37(34)44-38(45)26-20-25(23-41-24-26)32-21-28(40(4,5)6)22-33-36(32)43-19-18-42-33/h7-24,46H,1-6H3. The first kappa shape index (κ1) is 29.4. The predicted octanol–water partition coefficient (Wildman–Crippen LogP) is 9.67. The van der Waals surface area contributed by atoms with E-state index in [4.69, 9.17) is 15.0 Å². The number of imidazole rings is 1. The molecule has 0 amide bonds. The molecule has 6 nitrogen and oxygen atoms in total. The quantitative estimate of drug-likeness (QED) is 0.217. The minimum atomic E-state index is -0.0713. The topological polar surface area (TPSA) is 76.7 Å². The molecule has 0 aliphatic rings. The van der Waals surface area contributed by atoms with E-state index in [1.54, 1.807) is 18.5 Å². The molecule has 0 unspecified atom stereocenters. The maximum Gasteiger partial charge on any atom is 0.147 e. The highest BCUT2D eigenvalue weighted by Gasteiger charge is 2.22. The lowest BCUT2D eigenvalue weighted by atomic mass is 9.85. The first-order valence-corrected chi connectivity index (χ1v) is 15.6. The Bertz CT molecular complexity index is 2230. The van der Waals surface area contributed by atoms with Crippen LogP contribution in [0.5, 0.6) is 5.75 Å². The molecule has 228 valence electrons. The molecule has 0 aliphatic carbocycles. The number of hydrogen-bond acceptors (Lipinski definition) is 5. The molecule has 0 saturated heterocycles. The summed E-state index contributed by atoms with van der Waals surface area (Å²) in [7, 11) is 0. The van der Waals surface area contributed by atoms with Gasteiger partial charge in [-0.1, -0.05) is 84.0 Å². The molecule has 7 aromatic rings. The summed E-state index contributed by atoms with van der Waals surface area (Å²) in [6.45, 7) is 13.3. The van der Waals surface area contributed by atoms with Crippen LogP contribution in [0.15, 0.2) is 110 Å². The Morgan fingerprint density at radius 1 is 0.609 bits per heavy atom. The fraction of sp³-hybridized carbons (Fsp3) is 0.200. The number of nitrogens with zero attached hydrogens (tertiary/aromatic N) is 5. The van der Waals surface area contributed by atoms with Crippen molar-refractivity contribution in [2.45, 2.75) is 52.4 Å². The van der Waals surface area contributed by atoms with Crippen LogP contribution in [0.4, 0.5) is 0 Å². The Labute approximate surface area is 269 Å². The van der Waals surface area contributed by atoms with Crippen molar-refractivity contribution in [1.29, 1.82) is 0 Å². The lowest BCUT2D eigenvalue weighted by molar-refractivity contribution is 0.477. The van der Waals surface area contributed by atoms with Crippen molar-refractivity contribution in [3.63, 3.8) is 0 Å². The van der Waals surface area contributed by atoms with Crippen molar-refractivity contribution in [2.24, 2.45) is 0 Å². The van der Waals surface area contributed by atoms with E-state index < -0.39 is 0 Å². The van der Waals surface area contributed by atoms with E-state index in [-0.39, 0.29) is 16.6 Å². The van der Waals surface area contributed by atoms with E-state index in [1.807, 2.05) is 42.7 Å². The Morgan fingerprint density at radius 3 is 2.04 bits per heavy atom. The third-order valence-corrected chi connectivity index (χ3v) is 8.62. The zero-order chi connectivity index (χ0) is 32.2. The van der Waals surface area contributed by atoms with Gasteiger partial charge in [0, 0.05) is 58.3 Å². The molecular weight excluding hydrogens is 566 g/mol. The van der Waals surface area contributed by atoms with Crippen molar-refractivity contribution in [1.82, 2.24) is 24.5 Å². The van der Waals surface area contributed by atoms with Crippen LogP contribution in [0.1, 0.15) is 52.7 Å². The van der Waals surface area contributed by atoms with Crippen LogP contribution in [0.2, 0.25) is 0 Å². The van der Waals surface area contributed by atoms with Gasteiger partial charge in [-0.2, -0.15) is 0 Å². The normalized spacial score (nSPS) is 12.2. The van der Waals surface area contributed by atoms with Crippen molar-refractivity contribution < 1.29 is 5.11 Å². The van der Waals surface area contributed by atoms with E-state index in [1.165, 1.54) is 11.1 Å². The van der Waals surface area contributed by atoms with Crippen LogP contribution in [-0.4, -0.2) is 29.6 Å². The molecule has 6 heteroatoms. The molecule has 0 spiro atoms. The zero-order valence-electron chi connectivity index (χ0n) is 27.1. The zero-order valence-corrected chi connectivity index (χ0v) is 27.1. The number of phenolic OH excluding ortho intramolecular Hbond substituents is 1. The van der Waals surface area contributed by atoms with Gasteiger partial charge in [-0.05, 0) is 64.4 Å². The van der Waals surface area contributed by atoms with E-state index in [2.05, 4.69) is 99.6 Å². The molecule has 7 rings (SSSR count). The maximum atomic E-state index is 10.8. The first-order valence-electron chi connectivity index (χ1n) is 15.6. The lowest BCUT2D eigenvalue weighted by Gasteiger charge is -2.21. The van der Waals surface area contributed by atoms with Crippen LogP contribution >= 0.6 is 0 Å². The molecule has 3 heterocycles. The van der Waals surface area contributed by atoms with Gasteiger partial charge in [-0.25, -0.2) is 4.98 Å². The Balaban J connectivity index is 1.48. The number of fused-ring (bicyclic) bond motifs is 2. The highest BCUT2D eigenvalue weighted by molar-refractivity contribution is 5.97. The number of pyridine rings is 1. The van der Waals surface area contributed by atoms with Gasteiger partial charge in [-0.15, -0.1) is 0 Å². The molecule has 1 N–H and O–H groups in total. The molecule has 0 bridgehead atoms. The summed E-state index contributed by atoms with van der Waals surface area (Å²) in [5.74, 6) is 0.981. The number of phenols is 1. The van der Waals surface area contributed by atoms with Crippen molar-refractivity contribution in [3.8, 4) is 45.1 Å². The van der Waals surface area contributed by atoms with Gasteiger partial charge in [0.15, 0.2) is 0 Å². The molecule has 0 atom stereocenters. The second-order valence-corrected chi connectivity index (χ2v) is 13.9. The number of hydrogen-bond donors (Lipinski definition) is 1. The number of benzene rings is 4. The predicted molar refractivity (Wildman–Crippen MR) is 187 cm³/mol. The van der Waals surface area contributed by atoms with Gasteiger partial charge in [0.1, 0.15) is 11.6 Å². The lowest BCUT2D eigenvalue weighted by Crippen LogP contribution is -2.11. The second-order valence-electron chi connectivity index (χ2n) is 13.9. The molecule has 3 aromatic heterocycles. The third kappa shape index (κ3) is 5.20. The minimum Gasteiger partial charge on any atom is -0.507 e. The highest BCUT2D eigenvalue weighted by atomic mass is 16.3. The summed E-state index contributed by atoms with van der Waals surface area (Å²) < 4.78 is 2.19. The van der Waals surface area contributed by atoms with E-state index in [9.17, 15) is 5.11 Å². The summed E-state index contributed by atoms with van der Waals surface area (Å²) in [5.41, 5.74) is 11.2. The van der Waals surface area contributed by atoms with Gasteiger partial charge in [0.05, 0.1) is 22.1 Å². The van der Waals surface area contributed by atoms with E-state index >= 15 is 0 Å². The van der Waals surface area contributed by atoms with E-state index in [0.717, 1.165) is 61.4 Å². The summed E-state index contributed by atoms with van der Waals surface area (Å²) in [6, 6.07) is 28.7. The summed E-state index contributed by atoms with van der Waals surface area (Å²) in [4.78, 5) is 19.4. The number of aromatic nitrogens is 5. The minimum absolute atomic E-state index is 0.0296. The van der Waals surface area contributed by atoms with Crippen LogP contribution < -0.4 is 0 Å². The number of rotatable bonds is 4. The highest BCUT2D eigenvalue weighted by Crippen LogP contribution is 2.39. The molecule has 0 aliphatic heterocycles. The second kappa shape index (κ2) is 10.9. The Kier molecular flexibility index (Phi) is 6.97. The van der Waals surface area contributed by atoms with Crippen LogP contribution in [-0.2, 0) is 10.8 Å². The molecule has 46 heavy (non-hydrogen) atoms. The molecule has 4 aromatic carbocycles. The number of para-hydroxylation sites is 2. The van der Waals surface area contributed by atoms with Crippen molar-refractivity contribution in [2.75, 3.05) is 0 Å². The Morgan fingerprint density at radius 2 is 1.30 bits per heavy atom. The fourth-order valence-electron chi connectivity index (χ4n) is 6.02. The number of aromatic hydroxyl groups is 1. The maximum absolute atomic E-state index is 10.8. The van der Waals surface area contributed by atoms with Gasteiger partial charge in [0.2, 0.25) is 0 Å². The molecule has 0 fully saturated rings. The van der Waals surface area contributed by atoms with Crippen LogP contribution in [0.3, 0.4) is 0 Å². The summed E-state index contributed by atoms with van der Waals surface area (Å²) in [6.07, 6.45) is 7.23. The fourth-order valence-corrected chi connectivity index (χ4v) is 6.02. The molecular formula is C40H37N5O. The smallest absolute Gasteiger partial charge is 0.147 e. The summed E-state index contributed by atoms with van der Waals surface area (Å²) >= 11 is 0. The summed E-state index contributed by atoms with van der Waals surface area (Å²) in [5, 5.41) is 10.8. The van der Waals surface area contributed by atoms with Gasteiger partial charge >= 0.3 is 0 Å². The molecule has 0 radical (unpaired) electrons. The average molecular weight is 604 g/mol. The largest absolute Gasteiger partial charge is 0.507 e. The van der Waals surface area contributed by atoms with Gasteiger partial charge in [0.25, 0.3) is 0 Å². The van der Waals surface area contributed by atoms with Gasteiger partial charge in [-0.3, -0.25) is 19.5 Å². The van der Waals surface area contributed by atoms with Crippen molar-refractivity contribution in [3.05, 3.63) is 121 Å². The average Bonchev–Trinajstić information content (AvgIpc) is 3.44. The third-order valence-electron chi connectivity index (χ3n) is 8.62. The first-order chi connectivity index (χ1) is 22.0.